The molecule has 0 bridgehead atoms. The van der Waals surface area contributed by atoms with E-state index in [1.165, 1.54) is 30.8 Å². The number of hydrogen-bond donors (Lipinski definition) is 1. The Bertz CT molecular complexity index is 206. The second-order valence-corrected chi connectivity index (χ2v) is 5.63. The molecule has 1 unspecified atom stereocenters. The third-order valence-electron chi connectivity index (χ3n) is 2.96. The Morgan fingerprint density at radius 2 is 2.29 bits per heavy atom. The van der Waals surface area contributed by atoms with Crippen molar-refractivity contribution in [2.45, 2.75) is 51.5 Å². The van der Waals surface area contributed by atoms with Gasteiger partial charge in [0, 0.05) is 18.2 Å². The van der Waals surface area contributed by atoms with Crippen LogP contribution in [0.1, 0.15) is 45.4 Å². The summed E-state index contributed by atoms with van der Waals surface area (Å²) in [4.78, 5) is 11.1. The fourth-order valence-corrected chi connectivity index (χ4v) is 3.12. The number of unbranched alkanes of at least 4 members (excludes halogenated alkanes) is 2. The number of thioether (sulfide) groups is 1. The van der Waals surface area contributed by atoms with Crippen molar-refractivity contribution in [2.75, 3.05) is 24.7 Å². The summed E-state index contributed by atoms with van der Waals surface area (Å²) in [5.74, 6) is 2.55. The first-order valence-electron chi connectivity index (χ1n) is 6.79. The van der Waals surface area contributed by atoms with Crippen LogP contribution in [0.5, 0.6) is 0 Å². The van der Waals surface area contributed by atoms with E-state index in [-0.39, 0.29) is 5.97 Å². The van der Waals surface area contributed by atoms with Crippen LogP contribution in [0.25, 0.3) is 0 Å². The first-order chi connectivity index (χ1) is 8.33. The lowest BCUT2D eigenvalue weighted by Gasteiger charge is -2.22. The molecule has 1 rings (SSSR count). The van der Waals surface area contributed by atoms with Crippen LogP contribution in [-0.4, -0.2) is 36.7 Å². The molecule has 1 aliphatic rings. The highest BCUT2D eigenvalue weighted by atomic mass is 32.2. The van der Waals surface area contributed by atoms with Crippen LogP contribution < -0.4 is 5.32 Å². The zero-order valence-corrected chi connectivity index (χ0v) is 11.7. The van der Waals surface area contributed by atoms with Crippen LogP contribution in [0.3, 0.4) is 0 Å². The van der Waals surface area contributed by atoms with E-state index in [4.69, 9.17) is 4.74 Å². The largest absolute Gasteiger partial charge is 0.466 e. The van der Waals surface area contributed by atoms with Gasteiger partial charge in [0.2, 0.25) is 0 Å². The van der Waals surface area contributed by atoms with Gasteiger partial charge in [-0.25, -0.2) is 0 Å². The molecule has 3 nitrogen and oxygen atoms in total. The number of hydrogen-bond acceptors (Lipinski definition) is 4. The minimum Gasteiger partial charge on any atom is -0.466 e. The number of carbonyl (C=O) groups is 1. The van der Waals surface area contributed by atoms with E-state index in [0.29, 0.717) is 13.0 Å². The fourth-order valence-electron chi connectivity index (χ4n) is 2.01. The molecular weight excluding hydrogens is 234 g/mol. The molecule has 0 aliphatic carbocycles. The van der Waals surface area contributed by atoms with Crippen molar-refractivity contribution in [3.8, 4) is 0 Å². The normalized spacial score (nSPS) is 20.2. The van der Waals surface area contributed by atoms with Crippen molar-refractivity contribution < 1.29 is 9.53 Å². The molecule has 100 valence electrons. The molecule has 1 saturated heterocycles. The molecule has 1 heterocycles. The minimum atomic E-state index is -0.0517. The SMILES string of the molecule is CCOC(=O)CCCCCNC1CCCSC1. The van der Waals surface area contributed by atoms with Gasteiger partial charge in [-0.2, -0.15) is 11.8 Å². The lowest BCUT2D eigenvalue weighted by Crippen LogP contribution is -2.34. The lowest BCUT2D eigenvalue weighted by atomic mass is 10.1. The number of ether oxygens (including phenoxy) is 1. The van der Waals surface area contributed by atoms with Crippen molar-refractivity contribution in [1.29, 1.82) is 0 Å². The molecule has 4 heteroatoms. The Morgan fingerprint density at radius 3 is 3.00 bits per heavy atom. The third-order valence-corrected chi connectivity index (χ3v) is 4.17. The predicted octanol–water partition coefficient (Wildman–Crippen LogP) is 2.60. The van der Waals surface area contributed by atoms with E-state index in [9.17, 15) is 4.79 Å². The molecule has 1 fully saturated rings. The van der Waals surface area contributed by atoms with E-state index >= 15 is 0 Å². The number of rotatable bonds is 8. The molecule has 17 heavy (non-hydrogen) atoms. The minimum absolute atomic E-state index is 0.0517. The van der Waals surface area contributed by atoms with E-state index in [2.05, 4.69) is 17.1 Å². The molecule has 0 spiro atoms. The fraction of sp³-hybridized carbons (Fsp3) is 0.923. The maximum atomic E-state index is 11.1. The molecule has 0 radical (unpaired) electrons. The van der Waals surface area contributed by atoms with Crippen LogP contribution in [0, 0.1) is 0 Å². The predicted molar refractivity (Wildman–Crippen MR) is 73.5 cm³/mol. The molecule has 0 amide bonds. The summed E-state index contributed by atoms with van der Waals surface area (Å²) in [5, 5.41) is 3.60. The topological polar surface area (TPSA) is 38.3 Å². The van der Waals surface area contributed by atoms with Gasteiger partial charge in [0.25, 0.3) is 0 Å². The molecule has 1 N–H and O–H groups in total. The maximum absolute atomic E-state index is 11.1. The van der Waals surface area contributed by atoms with Gasteiger partial charge in [0.1, 0.15) is 0 Å². The second-order valence-electron chi connectivity index (χ2n) is 4.48. The van der Waals surface area contributed by atoms with Crippen LogP contribution in [0.4, 0.5) is 0 Å². The van der Waals surface area contributed by atoms with Gasteiger partial charge in [-0.05, 0) is 44.9 Å². The standard InChI is InChI=1S/C13H25NO2S/c1-2-16-13(15)8-4-3-5-9-14-12-7-6-10-17-11-12/h12,14H,2-11H2,1H3. The van der Waals surface area contributed by atoms with Gasteiger partial charge in [-0.15, -0.1) is 0 Å². The Balaban J connectivity index is 1.85. The first-order valence-corrected chi connectivity index (χ1v) is 7.95. The van der Waals surface area contributed by atoms with Crippen molar-refractivity contribution in [1.82, 2.24) is 5.32 Å². The highest BCUT2D eigenvalue weighted by molar-refractivity contribution is 7.99. The number of carbonyl (C=O) groups excluding carboxylic acids is 1. The van der Waals surface area contributed by atoms with Crippen LogP contribution in [-0.2, 0) is 9.53 Å². The average molecular weight is 259 g/mol. The maximum Gasteiger partial charge on any atom is 0.305 e. The summed E-state index contributed by atoms with van der Waals surface area (Å²) < 4.78 is 4.89. The Hall–Kier alpha value is -0.220. The summed E-state index contributed by atoms with van der Waals surface area (Å²) >= 11 is 2.06. The zero-order valence-electron chi connectivity index (χ0n) is 10.9. The molecule has 0 saturated carbocycles. The van der Waals surface area contributed by atoms with E-state index in [1.807, 2.05) is 6.92 Å². The highest BCUT2D eigenvalue weighted by Crippen LogP contribution is 2.16. The molecule has 0 aromatic carbocycles. The Morgan fingerprint density at radius 1 is 1.41 bits per heavy atom. The summed E-state index contributed by atoms with van der Waals surface area (Å²) in [5.41, 5.74) is 0. The molecule has 0 aromatic heterocycles. The average Bonchev–Trinajstić information content (AvgIpc) is 2.35. The van der Waals surface area contributed by atoms with Crippen molar-refractivity contribution in [3.63, 3.8) is 0 Å². The van der Waals surface area contributed by atoms with E-state index in [1.54, 1.807) is 0 Å². The summed E-state index contributed by atoms with van der Waals surface area (Å²) in [6.07, 6.45) is 6.50. The van der Waals surface area contributed by atoms with E-state index < -0.39 is 0 Å². The van der Waals surface area contributed by atoms with Gasteiger partial charge in [0.05, 0.1) is 6.61 Å². The summed E-state index contributed by atoms with van der Waals surface area (Å²) in [6, 6.07) is 0.721. The summed E-state index contributed by atoms with van der Waals surface area (Å²) in [7, 11) is 0. The molecular formula is C13H25NO2S. The molecule has 1 atom stereocenters. The second kappa shape index (κ2) is 9.77. The lowest BCUT2D eigenvalue weighted by molar-refractivity contribution is -0.143. The quantitative estimate of drug-likeness (QED) is 0.537. The van der Waals surface area contributed by atoms with Crippen LogP contribution in [0.2, 0.25) is 0 Å². The van der Waals surface area contributed by atoms with Gasteiger partial charge in [-0.3, -0.25) is 4.79 Å². The highest BCUT2D eigenvalue weighted by Gasteiger charge is 2.11. The van der Waals surface area contributed by atoms with Crippen molar-refractivity contribution >= 4 is 17.7 Å². The number of esters is 1. The smallest absolute Gasteiger partial charge is 0.305 e. The summed E-state index contributed by atoms with van der Waals surface area (Å²) in [6.45, 7) is 3.44. The van der Waals surface area contributed by atoms with Gasteiger partial charge >= 0.3 is 5.97 Å². The van der Waals surface area contributed by atoms with Crippen molar-refractivity contribution in [3.05, 3.63) is 0 Å². The Kier molecular flexibility index (Phi) is 8.53. The monoisotopic (exact) mass is 259 g/mol. The van der Waals surface area contributed by atoms with E-state index in [0.717, 1.165) is 25.4 Å². The van der Waals surface area contributed by atoms with Crippen LogP contribution in [0.15, 0.2) is 0 Å². The third kappa shape index (κ3) is 7.66. The Labute approximate surface area is 109 Å². The van der Waals surface area contributed by atoms with Crippen molar-refractivity contribution in [2.24, 2.45) is 0 Å². The first kappa shape index (κ1) is 14.8. The zero-order chi connectivity index (χ0) is 12.3. The van der Waals surface area contributed by atoms with Gasteiger partial charge in [-0.1, -0.05) is 6.42 Å². The molecule has 0 aromatic rings. The molecule has 1 aliphatic heterocycles. The van der Waals surface area contributed by atoms with Gasteiger partial charge in [0.15, 0.2) is 0 Å². The van der Waals surface area contributed by atoms with Crippen LogP contribution >= 0.6 is 11.8 Å². The number of nitrogens with one attached hydrogen (secondary N) is 1. The van der Waals surface area contributed by atoms with Gasteiger partial charge < -0.3 is 10.1 Å².